The molecular weight excluding hydrogens is 625 g/mol. The van der Waals surface area contributed by atoms with Crippen LogP contribution in [0.15, 0.2) is 30.6 Å². The van der Waals surface area contributed by atoms with E-state index in [4.69, 9.17) is 14.6 Å². The highest BCUT2D eigenvalue weighted by molar-refractivity contribution is 5.79. The molecule has 1 aromatic carbocycles. The number of ether oxygens (including phenoxy) is 2. The largest absolute Gasteiger partial charge is 0.493 e. The van der Waals surface area contributed by atoms with Gasteiger partial charge in [-0.2, -0.15) is 0 Å². The van der Waals surface area contributed by atoms with Crippen molar-refractivity contribution in [3.05, 3.63) is 47.5 Å². The van der Waals surface area contributed by atoms with E-state index >= 15 is 0 Å². The van der Waals surface area contributed by atoms with E-state index in [1.807, 2.05) is 12.4 Å². The van der Waals surface area contributed by atoms with E-state index in [1.165, 1.54) is 18.9 Å². The molecule has 4 atom stereocenters. The molecule has 2 aromatic rings. The number of carbonyl (C=O) groups is 1. The van der Waals surface area contributed by atoms with Gasteiger partial charge in [0.05, 0.1) is 32.3 Å². The number of anilines is 1. The highest BCUT2D eigenvalue weighted by atomic mass is 19.1. The molecule has 3 aliphatic rings. The van der Waals surface area contributed by atoms with E-state index < -0.39 is 36.8 Å². The molecule has 0 radical (unpaired) electrons. The summed E-state index contributed by atoms with van der Waals surface area (Å²) in [6, 6.07) is 4.70. The SMILES string of the molecule is COCc1cnc(N2CCC(C3(CCOc4ccc(CC(=O)N5CC(CNC[C@H](O)[C@@H](O)[C@H](O)[C@H](O)CO)C5)c(F)c4)CC3)CC2)nc1. The van der Waals surface area contributed by atoms with Crippen LogP contribution in [-0.4, -0.2) is 130 Å². The van der Waals surface area contributed by atoms with Gasteiger partial charge in [0, 0.05) is 76.3 Å². The predicted octanol–water partition coefficient (Wildman–Crippen LogP) is 0.254. The maximum Gasteiger partial charge on any atom is 0.227 e. The lowest BCUT2D eigenvalue weighted by atomic mass is 9.79. The first-order valence-corrected chi connectivity index (χ1v) is 16.9. The zero-order valence-electron chi connectivity index (χ0n) is 27.6. The molecule has 1 aromatic heterocycles. The Morgan fingerprint density at radius 1 is 1.08 bits per heavy atom. The number of amides is 1. The average molecular weight is 676 g/mol. The quantitative estimate of drug-likeness (QED) is 0.127. The third kappa shape index (κ3) is 9.17. The number of hydrogen-bond donors (Lipinski definition) is 6. The van der Waals surface area contributed by atoms with Gasteiger partial charge >= 0.3 is 0 Å². The maximum absolute atomic E-state index is 14.9. The summed E-state index contributed by atoms with van der Waals surface area (Å²) in [5.41, 5.74) is 1.56. The Morgan fingerprint density at radius 3 is 2.40 bits per heavy atom. The number of benzene rings is 1. The third-order valence-electron chi connectivity index (χ3n) is 10.2. The fourth-order valence-corrected chi connectivity index (χ4v) is 6.90. The number of carbonyl (C=O) groups excluding carboxylic acids is 1. The second-order valence-corrected chi connectivity index (χ2v) is 13.6. The van der Waals surface area contributed by atoms with Gasteiger partial charge in [0.2, 0.25) is 11.9 Å². The predicted molar refractivity (Wildman–Crippen MR) is 174 cm³/mol. The van der Waals surface area contributed by atoms with Gasteiger partial charge in [-0.05, 0) is 55.1 Å². The first kappa shape index (κ1) is 36.3. The van der Waals surface area contributed by atoms with Crippen LogP contribution in [-0.2, 0) is 22.6 Å². The van der Waals surface area contributed by atoms with Gasteiger partial charge in [0.15, 0.2) is 0 Å². The molecule has 6 N–H and O–H groups in total. The van der Waals surface area contributed by atoms with Crippen molar-refractivity contribution in [2.24, 2.45) is 17.3 Å². The number of nitrogens with zero attached hydrogens (tertiary/aromatic N) is 4. The standard InChI is InChI=1S/C34H50FN5O8/c1-47-21-22-15-37-33(38-16-22)39-9-4-25(5-10-39)34(6-7-34)8-11-48-26-3-2-24(27(35)13-26)12-30(44)40-18-23(19-40)14-36-17-28(42)31(45)32(46)29(43)20-41/h2-3,13,15-16,23,25,28-29,31-32,36,41-43,45-46H,4-12,14,17-21H2,1H3/t28-,29+,31+,32+/m0/s1. The maximum atomic E-state index is 14.9. The summed E-state index contributed by atoms with van der Waals surface area (Å²) in [6.07, 6.45) is 2.89. The van der Waals surface area contributed by atoms with Crippen LogP contribution in [0.1, 0.15) is 43.2 Å². The molecule has 266 valence electrons. The minimum atomic E-state index is -1.67. The molecular formula is C34H50FN5O8. The Balaban J connectivity index is 0.978. The van der Waals surface area contributed by atoms with E-state index in [-0.39, 0.29) is 30.2 Å². The number of likely N-dealkylation sites (tertiary alicyclic amines) is 1. The van der Waals surface area contributed by atoms with Crippen LogP contribution in [0.2, 0.25) is 0 Å². The van der Waals surface area contributed by atoms with Crippen molar-refractivity contribution in [1.29, 1.82) is 0 Å². The topological polar surface area (TPSA) is 181 Å². The van der Waals surface area contributed by atoms with Gasteiger partial charge < -0.3 is 50.1 Å². The van der Waals surface area contributed by atoms with Crippen LogP contribution in [0.5, 0.6) is 5.75 Å². The average Bonchev–Trinajstić information content (AvgIpc) is 3.87. The van der Waals surface area contributed by atoms with E-state index in [2.05, 4.69) is 20.2 Å². The van der Waals surface area contributed by atoms with E-state index in [0.29, 0.717) is 50.1 Å². The lowest BCUT2D eigenvalue weighted by molar-refractivity contribution is -0.136. The third-order valence-corrected chi connectivity index (χ3v) is 10.2. The number of hydrogen-bond acceptors (Lipinski definition) is 12. The zero-order chi connectivity index (χ0) is 34.3. The summed E-state index contributed by atoms with van der Waals surface area (Å²) in [5, 5.41) is 50.9. The second-order valence-electron chi connectivity index (χ2n) is 13.6. The number of halogens is 1. The highest BCUT2D eigenvalue weighted by Gasteiger charge is 2.49. The highest BCUT2D eigenvalue weighted by Crippen LogP contribution is 2.57. The molecule has 3 heterocycles. The van der Waals surface area contributed by atoms with Gasteiger partial charge in [-0.1, -0.05) is 6.07 Å². The molecule has 48 heavy (non-hydrogen) atoms. The number of aromatic nitrogens is 2. The van der Waals surface area contributed by atoms with Crippen LogP contribution in [0.4, 0.5) is 10.3 Å². The van der Waals surface area contributed by atoms with E-state index in [1.54, 1.807) is 24.1 Å². The van der Waals surface area contributed by atoms with Crippen molar-refractivity contribution in [1.82, 2.24) is 20.2 Å². The van der Waals surface area contributed by atoms with E-state index in [9.17, 15) is 29.6 Å². The normalized spacial score (nSPS) is 20.6. The molecule has 2 saturated heterocycles. The van der Waals surface area contributed by atoms with Crippen LogP contribution >= 0.6 is 0 Å². The molecule has 13 nitrogen and oxygen atoms in total. The lowest BCUT2D eigenvalue weighted by Crippen LogP contribution is -2.55. The smallest absolute Gasteiger partial charge is 0.227 e. The molecule has 0 bridgehead atoms. The molecule has 0 spiro atoms. The van der Waals surface area contributed by atoms with Gasteiger partial charge in [0.25, 0.3) is 0 Å². The Morgan fingerprint density at radius 2 is 1.77 bits per heavy atom. The Labute approximate surface area is 280 Å². The fraction of sp³-hybridized carbons (Fsp3) is 0.676. The Hall–Kier alpha value is -2.98. The molecule has 3 fully saturated rings. The Bertz CT molecular complexity index is 1320. The van der Waals surface area contributed by atoms with Gasteiger partial charge in [0.1, 0.15) is 29.9 Å². The lowest BCUT2D eigenvalue weighted by Gasteiger charge is -2.39. The molecule has 2 aliphatic heterocycles. The minimum Gasteiger partial charge on any atom is -0.493 e. The van der Waals surface area contributed by atoms with E-state index in [0.717, 1.165) is 43.9 Å². The monoisotopic (exact) mass is 675 g/mol. The summed E-state index contributed by atoms with van der Waals surface area (Å²) in [6.45, 7) is 3.53. The number of aliphatic hydroxyl groups is 5. The first-order chi connectivity index (χ1) is 23.1. The Kier molecular flexibility index (Phi) is 12.6. The minimum absolute atomic E-state index is 0.0394. The molecule has 5 rings (SSSR count). The van der Waals surface area contributed by atoms with Gasteiger partial charge in [-0.3, -0.25) is 4.79 Å². The number of methoxy groups -OCH3 is 1. The fourth-order valence-electron chi connectivity index (χ4n) is 6.90. The molecule has 14 heteroatoms. The molecule has 1 saturated carbocycles. The number of rotatable bonds is 18. The van der Waals surface area contributed by atoms with Crippen molar-refractivity contribution < 1.29 is 44.2 Å². The number of piperidine rings is 1. The number of aliphatic hydroxyl groups excluding tert-OH is 5. The first-order valence-electron chi connectivity index (χ1n) is 16.9. The molecule has 1 amide bonds. The summed E-state index contributed by atoms with van der Waals surface area (Å²) in [5.74, 6) is 1.34. The summed E-state index contributed by atoms with van der Waals surface area (Å²) in [7, 11) is 1.66. The summed E-state index contributed by atoms with van der Waals surface area (Å²) < 4.78 is 26.1. The van der Waals surface area contributed by atoms with Gasteiger partial charge in [-0.25, -0.2) is 14.4 Å². The van der Waals surface area contributed by atoms with Gasteiger partial charge in [-0.15, -0.1) is 0 Å². The van der Waals surface area contributed by atoms with Crippen molar-refractivity contribution >= 4 is 11.9 Å². The molecule has 0 unspecified atom stereocenters. The van der Waals surface area contributed by atoms with Crippen LogP contribution in [0.3, 0.4) is 0 Å². The summed E-state index contributed by atoms with van der Waals surface area (Å²) in [4.78, 5) is 25.7. The van der Waals surface area contributed by atoms with Crippen LogP contribution < -0.4 is 15.0 Å². The summed E-state index contributed by atoms with van der Waals surface area (Å²) >= 11 is 0. The van der Waals surface area contributed by atoms with Crippen molar-refractivity contribution in [3.8, 4) is 5.75 Å². The van der Waals surface area contributed by atoms with Crippen LogP contribution in [0.25, 0.3) is 0 Å². The van der Waals surface area contributed by atoms with Crippen molar-refractivity contribution in [3.63, 3.8) is 0 Å². The number of nitrogens with one attached hydrogen (secondary N) is 1. The van der Waals surface area contributed by atoms with Crippen molar-refractivity contribution in [2.45, 2.75) is 69.5 Å². The van der Waals surface area contributed by atoms with Crippen LogP contribution in [0, 0.1) is 23.1 Å². The zero-order valence-corrected chi connectivity index (χ0v) is 27.6. The van der Waals surface area contributed by atoms with Crippen molar-refractivity contribution in [2.75, 3.05) is 64.5 Å². The second kappa shape index (κ2) is 16.6. The molecule has 1 aliphatic carbocycles.